The van der Waals surface area contributed by atoms with Crippen LogP contribution in [0.15, 0.2) is 66.9 Å². The number of aromatic nitrogens is 1. The molecule has 1 fully saturated rings. The molecule has 2 heterocycles. The number of esters is 1. The summed E-state index contributed by atoms with van der Waals surface area (Å²) in [4.78, 5) is 11.6. The summed E-state index contributed by atoms with van der Waals surface area (Å²) in [5.74, 6) is -1.21. The van der Waals surface area contributed by atoms with Crippen molar-refractivity contribution in [3.8, 4) is 0 Å². The largest absolute Gasteiger partial charge is 0.462 e. The number of ether oxygens (including phenoxy) is 1. The van der Waals surface area contributed by atoms with Gasteiger partial charge in [0.2, 0.25) is 0 Å². The summed E-state index contributed by atoms with van der Waals surface area (Å²) in [6, 6.07) is 14.3. The Labute approximate surface area is 150 Å². The van der Waals surface area contributed by atoms with Crippen LogP contribution in [0.25, 0.3) is 10.9 Å². The molecule has 0 amide bonds. The van der Waals surface area contributed by atoms with Crippen molar-refractivity contribution in [3.63, 3.8) is 0 Å². The first-order valence-corrected chi connectivity index (χ1v) is 8.41. The highest BCUT2D eigenvalue weighted by Gasteiger charge is 2.36. The van der Waals surface area contributed by atoms with Gasteiger partial charge in [-0.25, -0.2) is 9.18 Å². The quantitative estimate of drug-likeness (QED) is 0.577. The number of hydrogen-bond donors (Lipinski definition) is 1. The van der Waals surface area contributed by atoms with Gasteiger partial charge in [-0.15, -0.1) is 0 Å². The first kappa shape index (κ1) is 16.5. The molecule has 0 saturated carbocycles. The highest BCUT2D eigenvalue weighted by atomic mass is 19.1. The average Bonchev–Trinajstić information content (AvgIpc) is 3.18. The number of carbonyl (C=O) groups excluding carboxylic acids is 1. The summed E-state index contributed by atoms with van der Waals surface area (Å²) in [5.41, 5.74) is 2.42. The van der Waals surface area contributed by atoms with Crippen molar-refractivity contribution in [1.82, 2.24) is 4.57 Å². The second-order valence-corrected chi connectivity index (χ2v) is 6.50. The maximum atomic E-state index is 14.1. The molecule has 0 spiro atoms. The summed E-state index contributed by atoms with van der Waals surface area (Å²) in [6.45, 7) is 4.20. The number of rotatable bonds is 4. The lowest BCUT2D eigenvalue weighted by Gasteiger charge is -2.15. The van der Waals surface area contributed by atoms with Gasteiger partial charge in [-0.05, 0) is 12.1 Å². The summed E-state index contributed by atoms with van der Waals surface area (Å²) in [5, 5.41) is 11.7. The highest BCUT2D eigenvalue weighted by molar-refractivity contribution is 5.91. The molecule has 0 radical (unpaired) electrons. The van der Waals surface area contributed by atoms with E-state index in [0.29, 0.717) is 17.7 Å². The number of hydrogen-bond acceptors (Lipinski definition) is 3. The zero-order valence-electron chi connectivity index (χ0n) is 14.1. The molecule has 4 nitrogen and oxygen atoms in total. The first-order chi connectivity index (χ1) is 12.6. The third-order valence-electron chi connectivity index (χ3n) is 4.92. The third kappa shape index (κ3) is 2.70. The van der Waals surface area contributed by atoms with Crippen LogP contribution in [0.3, 0.4) is 0 Å². The van der Waals surface area contributed by atoms with E-state index in [2.05, 4.69) is 6.58 Å². The molecular formula is C21H18FNO3. The van der Waals surface area contributed by atoms with Gasteiger partial charge in [0.15, 0.2) is 0 Å². The van der Waals surface area contributed by atoms with Gasteiger partial charge in [0.25, 0.3) is 0 Å². The monoisotopic (exact) mass is 351 g/mol. The number of halogens is 1. The van der Waals surface area contributed by atoms with Crippen LogP contribution in [0, 0.1) is 11.7 Å². The molecule has 1 aromatic heterocycles. The summed E-state index contributed by atoms with van der Waals surface area (Å²) < 4.78 is 21.0. The predicted molar refractivity (Wildman–Crippen MR) is 96.0 cm³/mol. The van der Waals surface area contributed by atoms with Crippen LogP contribution >= 0.6 is 0 Å². The van der Waals surface area contributed by atoms with Gasteiger partial charge in [-0.3, -0.25) is 0 Å². The minimum atomic E-state index is -0.916. The van der Waals surface area contributed by atoms with Gasteiger partial charge >= 0.3 is 5.97 Å². The molecule has 0 bridgehead atoms. The molecule has 0 aliphatic carbocycles. The van der Waals surface area contributed by atoms with Gasteiger partial charge < -0.3 is 14.4 Å². The van der Waals surface area contributed by atoms with Crippen LogP contribution in [0.1, 0.15) is 17.2 Å². The van der Waals surface area contributed by atoms with E-state index < -0.39 is 18.0 Å². The fourth-order valence-corrected chi connectivity index (χ4v) is 3.46. The molecule has 2 atom stereocenters. The summed E-state index contributed by atoms with van der Waals surface area (Å²) in [7, 11) is 0. The molecule has 26 heavy (non-hydrogen) atoms. The second kappa shape index (κ2) is 6.42. The fraction of sp³-hybridized carbons (Fsp3) is 0.190. The van der Waals surface area contributed by atoms with E-state index in [-0.39, 0.29) is 18.0 Å². The molecule has 1 aliphatic rings. The average molecular weight is 351 g/mol. The Hall–Kier alpha value is -2.92. The number of fused-ring (bicyclic) bond motifs is 1. The van der Waals surface area contributed by atoms with Crippen molar-refractivity contribution in [3.05, 3.63) is 83.8 Å². The van der Waals surface area contributed by atoms with Gasteiger partial charge in [-0.2, -0.15) is 0 Å². The molecule has 1 N–H and O–H groups in total. The van der Waals surface area contributed by atoms with Gasteiger partial charge in [0, 0.05) is 33.8 Å². The Morgan fingerprint density at radius 2 is 1.96 bits per heavy atom. The Morgan fingerprint density at radius 3 is 2.69 bits per heavy atom. The standard InChI is InChI=1S/C21H18FNO3/c1-13-17(12-26-21(13)25)20(24)16-11-23(19-9-5-3-7-15(16)19)10-14-6-2-4-8-18(14)22/h2-9,11,17,20,24H,1,10,12H2. The zero-order chi connectivity index (χ0) is 18.3. The van der Waals surface area contributed by atoms with Gasteiger partial charge in [-0.1, -0.05) is 43.0 Å². The number of aliphatic hydroxyl groups excluding tert-OH is 1. The molecule has 2 aromatic carbocycles. The normalized spacial score (nSPS) is 18.3. The number of cyclic esters (lactones) is 1. The van der Waals surface area contributed by atoms with Crippen molar-refractivity contribution in [2.45, 2.75) is 12.6 Å². The second-order valence-electron chi connectivity index (χ2n) is 6.50. The number of para-hydroxylation sites is 1. The van der Waals surface area contributed by atoms with Crippen LogP contribution in [0.4, 0.5) is 4.39 Å². The number of carbonyl (C=O) groups is 1. The van der Waals surface area contributed by atoms with Crippen molar-refractivity contribution in [1.29, 1.82) is 0 Å². The van der Waals surface area contributed by atoms with E-state index in [0.717, 1.165) is 10.9 Å². The number of nitrogens with zero attached hydrogens (tertiary/aromatic N) is 1. The highest BCUT2D eigenvalue weighted by Crippen LogP contribution is 2.36. The third-order valence-corrected chi connectivity index (χ3v) is 4.92. The Morgan fingerprint density at radius 1 is 1.23 bits per heavy atom. The maximum absolute atomic E-state index is 14.1. The lowest BCUT2D eigenvalue weighted by molar-refractivity contribution is -0.135. The SMILES string of the molecule is C=C1C(=O)OCC1C(O)c1cn(Cc2ccccc2F)c2ccccc12. The molecule has 5 heteroatoms. The molecule has 132 valence electrons. The number of benzene rings is 2. The minimum absolute atomic E-state index is 0.117. The Bertz CT molecular complexity index is 1010. The Kier molecular flexibility index (Phi) is 4.09. The van der Waals surface area contributed by atoms with Crippen LogP contribution in [0.5, 0.6) is 0 Å². The van der Waals surface area contributed by atoms with Crippen LogP contribution in [0.2, 0.25) is 0 Å². The zero-order valence-corrected chi connectivity index (χ0v) is 14.1. The lowest BCUT2D eigenvalue weighted by Crippen LogP contribution is -2.14. The van der Waals surface area contributed by atoms with Crippen LogP contribution < -0.4 is 0 Å². The smallest absolute Gasteiger partial charge is 0.333 e. The maximum Gasteiger partial charge on any atom is 0.333 e. The molecule has 1 aliphatic heterocycles. The van der Waals surface area contributed by atoms with Crippen molar-refractivity contribution in [2.75, 3.05) is 6.61 Å². The van der Waals surface area contributed by atoms with E-state index in [1.807, 2.05) is 35.0 Å². The van der Waals surface area contributed by atoms with Gasteiger partial charge in [0.05, 0.1) is 18.6 Å². The predicted octanol–water partition coefficient (Wildman–Crippen LogP) is 3.59. The fourth-order valence-electron chi connectivity index (χ4n) is 3.46. The Balaban J connectivity index is 1.76. The van der Waals surface area contributed by atoms with Crippen molar-refractivity contribution < 1.29 is 19.0 Å². The van der Waals surface area contributed by atoms with Crippen LogP contribution in [-0.2, 0) is 16.1 Å². The van der Waals surface area contributed by atoms with E-state index in [9.17, 15) is 14.3 Å². The number of aliphatic hydroxyl groups is 1. The minimum Gasteiger partial charge on any atom is -0.462 e. The van der Waals surface area contributed by atoms with E-state index >= 15 is 0 Å². The topological polar surface area (TPSA) is 51.5 Å². The molecule has 2 unspecified atom stereocenters. The molecule has 3 aromatic rings. The molecule has 4 rings (SSSR count). The van der Waals surface area contributed by atoms with E-state index in [1.165, 1.54) is 6.07 Å². The van der Waals surface area contributed by atoms with E-state index in [1.54, 1.807) is 18.2 Å². The van der Waals surface area contributed by atoms with E-state index in [4.69, 9.17) is 4.74 Å². The van der Waals surface area contributed by atoms with Crippen molar-refractivity contribution in [2.24, 2.45) is 5.92 Å². The summed E-state index contributed by atoms with van der Waals surface area (Å²) >= 11 is 0. The lowest BCUT2D eigenvalue weighted by atomic mass is 9.92. The summed E-state index contributed by atoms with van der Waals surface area (Å²) in [6.07, 6.45) is 0.901. The molecule has 1 saturated heterocycles. The van der Waals surface area contributed by atoms with Gasteiger partial charge in [0.1, 0.15) is 12.4 Å². The van der Waals surface area contributed by atoms with Crippen molar-refractivity contribution >= 4 is 16.9 Å². The first-order valence-electron chi connectivity index (χ1n) is 8.41. The molecular weight excluding hydrogens is 333 g/mol. The van der Waals surface area contributed by atoms with Crippen LogP contribution in [-0.4, -0.2) is 22.2 Å².